The molecular weight excluding hydrogens is 180 g/mol. The molecular formula is C10H20N2S. The lowest BCUT2D eigenvalue weighted by Crippen LogP contribution is -2.55. The van der Waals surface area contributed by atoms with Crippen molar-refractivity contribution < 1.29 is 0 Å². The Morgan fingerprint density at radius 2 is 2.38 bits per heavy atom. The summed E-state index contributed by atoms with van der Waals surface area (Å²) in [4.78, 5) is 2.71. The molecule has 0 aromatic heterocycles. The largest absolute Gasteiger partial charge is 0.314 e. The lowest BCUT2D eigenvalue weighted by atomic mass is 10.1. The number of piperazine rings is 1. The zero-order valence-electron chi connectivity index (χ0n) is 8.46. The van der Waals surface area contributed by atoms with Crippen LogP contribution in [0.4, 0.5) is 0 Å². The minimum Gasteiger partial charge on any atom is -0.314 e. The fourth-order valence-electron chi connectivity index (χ4n) is 2.38. The third-order valence-electron chi connectivity index (χ3n) is 3.16. The maximum absolute atomic E-state index is 3.46. The number of nitrogens with one attached hydrogen (secondary N) is 1. The van der Waals surface area contributed by atoms with E-state index >= 15 is 0 Å². The molecule has 0 radical (unpaired) electrons. The first-order valence-electron chi connectivity index (χ1n) is 5.42. The summed E-state index contributed by atoms with van der Waals surface area (Å²) in [5.41, 5.74) is 0. The molecule has 2 heterocycles. The number of nitrogens with zero attached hydrogens (tertiary/aromatic N) is 1. The zero-order chi connectivity index (χ0) is 9.10. The predicted molar refractivity (Wildman–Crippen MR) is 59.4 cm³/mol. The van der Waals surface area contributed by atoms with Crippen LogP contribution >= 0.6 is 11.8 Å². The highest BCUT2D eigenvalue weighted by Gasteiger charge is 2.26. The normalized spacial score (nSPS) is 37.6. The first-order chi connectivity index (χ1) is 6.38. The minimum atomic E-state index is 0.748. The molecule has 2 fully saturated rings. The van der Waals surface area contributed by atoms with Gasteiger partial charge >= 0.3 is 0 Å². The molecule has 2 rings (SSSR count). The molecule has 2 nitrogen and oxygen atoms in total. The Balaban J connectivity index is 1.88. The average Bonchev–Trinajstić information content (AvgIpc) is 2.20. The smallest absolute Gasteiger partial charge is 0.0196 e. The van der Waals surface area contributed by atoms with Crippen molar-refractivity contribution in [1.29, 1.82) is 0 Å². The summed E-state index contributed by atoms with van der Waals surface area (Å²) in [7, 11) is 0. The van der Waals surface area contributed by atoms with Gasteiger partial charge in [-0.3, -0.25) is 4.90 Å². The van der Waals surface area contributed by atoms with E-state index in [1.165, 1.54) is 44.0 Å². The maximum atomic E-state index is 3.46. The Kier molecular flexibility index (Phi) is 3.52. The molecule has 76 valence electrons. The minimum absolute atomic E-state index is 0.748. The Bertz CT molecular complexity index is 157. The van der Waals surface area contributed by atoms with Gasteiger partial charge in [0, 0.05) is 37.5 Å². The van der Waals surface area contributed by atoms with E-state index in [-0.39, 0.29) is 0 Å². The van der Waals surface area contributed by atoms with Crippen LogP contribution in [0.2, 0.25) is 0 Å². The number of hydrogen-bond donors (Lipinski definition) is 1. The first kappa shape index (κ1) is 9.81. The second-order valence-electron chi connectivity index (χ2n) is 4.16. The van der Waals surface area contributed by atoms with E-state index in [1.54, 1.807) is 0 Å². The topological polar surface area (TPSA) is 15.3 Å². The molecule has 2 atom stereocenters. The highest BCUT2D eigenvalue weighted by molar-refractivity contribution is 7.99. The molecule has 13 heavy (non-hydrogen) atoms. The average molecular weight is 200 g/mol. The van der Waals surface area contributed by atoms with Crippen LogP contribution in [0.5, 0.6) is 0 Å². The van der Waals surface area contributed by atoms with Crippen molar-refractivity contribution in [1.82, 2.24) is 10.2 Å². The number of hydrogen-bond acceptors (Lipinski definition) is 3. The van der Waals surface area contributed by atoms with Crippen LogP contribution < -0.4 is 5.32 Å². The van der Waals surface area contributed by atoms with Gasteiger partial charge in [0.2, 0.25) is 0 Å². The second-order valence-corrected chi connectivity index (χ2v) is 5.31. The van der Waals surface area contributed by atoms with E-state index < -0.39 is 0 Å². The molecule has 3 heteroatoms. The molecule has 2 unspecified atom stereocenters. The quantitative estimate of drug-likeness (QED) is 0.684. The summed E-state index contributed by atoms with van der Waals surface area (Å²) in [6.07, 6.45) is 2.85. The van der Waals surface area contributed by atoms with Crippen molar-refractivity contribution in [3.05, 3.63) is 0 Å². The van der Waals surface area contributed by atoms with E-state index in [0.29, 0.717) is 0 Å². The number of thioether (sulfide) groups is 1. The van der Waals surface area contributed by atoms with Gasteiger partial charge in [0.25, 0.3) is 0 Å². The van der Waals surface area contributed by atoms with Gasteiger partial charge in [-0.25, -0.2) is 0 Å². The molecule has 1 N–H and O–H groups in total. The van der Waals surface area contributed by atoms with Crippen LogP contribution in [0.3, 0.4) is 0 Å². The summed E-state index contributed by atoms with van der Waals surface area (Å²) in [6.45, 7) is 5.98. The molecule has 0 bridgehead atoms. The van der Waals surface area contributed by atoms with Crippen LogP contribution in [-0.2, 0) is 0 Å². The summed E-state index contributed by atoms with van der Waals surface area (Å²) in [5, 5.41) is 3.46. The lowest BCUT2D eigenvalue weighted by Gasteiger charge is -2.41. The molecule has 2 saturated heterocycles. The maximum Gasteiger partial charge on any atom is 0.0196 e. The van der Waals surface area contributed by atoms with Crippen LogP contribution in [0, 0.1) is 0 Å². The molecule has 0 spiro atoms. The van der Waals surface area contributed by atoms with Gasteiger partial charge in [-0.15, -0.1) is 0 Å². The van der Waals surface area contributed by atoms with Crippen LogP contribution in [-0.4, -0.2) is 48.1 Å². The van der Waals surface area contributed by atoms with E-state index in [1.807, 2.05) is 0 Å². The third kappa shape index (κ3) is 2.39. The molecule has 0 aliphatic carbocycles. The van der Waals surface area contributed by atoms with Crippen molar-refractivity contribution in [2.24, 2.45) is 0 Å². The van der Waals surface area contributed by atoms with Crippen molar-refractivity contribution >= 4 is 11.8 Å². The van der Waals surface area contributed by atoms with Crippen LogP contribution in [0.25, 0.3) is 0 Å². The number of rotatable bonds is 1. The zero-order valence-corrected chi connectivity index (χ0v) is 9.28. The summed E-state index contributed by atoms with van der Waals surface area (Å²) in [6, 6.07) is 1.62. The van der Waals surface area contributed by atoms with Gasteiger partial charge in [0.1, 0.15) is 0 Å². The molecule has 0 saturated carbocycles. The Morgan fingerprint density at radius 3 is 3.08 bits per heavy atom. The van der Waals surface area contributed by atoms with Gasteiger partial charge in [-0.05, 0) is 25.5 Å². The van der Waals surface area contributed by atoms with Crippen LogP contribution in [0.1, 0.15) is 19.8 Å². The molecule has 0 aromatic rings. The summed E-state index contributed by atoms with van der Waals surface area (Å²) < 4.78 is 0. The molecule has 2 aliphatic heterocycles. The van der Waals surface area contributed by atoms with Gasteiger partial charge in [-0.1, -0.05) is 0 Å². The highest BCUT2D eigenvalue weighted by atomic mass is 32.2. The Hall–Kier alpha value is 0.270. The highest BCUT2D eigenvalue weighted by Crippen LogP contribution is 2.23. The fourth-order valence-corrected chi connectivity index (χ4v) is 3.55. The summed E-state index contributed by atoms with van der Waals surface area (Å²) >= 11 is 2.14. The Labute approximate surface area is 85.4 Å². The van der Waals surface area contributed by atoms with Crippen molar-refractivity contribution in [2.45, 2.75) is 31.8 Å². The van der Waals surface area contributed by atoms with Gasteiger partial charge < -0.3 is 5.32 Å². The van der Waals surface area contributed by atoms with E-state index in [9.17, 15) is 0 Å². The Morgan fingerprint density at radius 1 is 1.46 bits per heavy atom. The fraction of sp³-hybridized carbons (Fsp3) is 1.00. The van der Waals surface area contributed by atoms with Crippen molar-refractivity contribution in [2.75, 3.05) is 31.1 Å². The van der Waals surface area contributed by atoms with Gasteiger partial charge in [0.15, 0.2) is 0 Å². The standard InChI is InChI=1S/C10H20N2S/c1-9-7-11-4-5-12(9)10-3-2-6-13-8-10/h9-11H,2-8H2,1H3. The van der Waals surface area contributed by atoms with Crippen LogP contribution in [0.15, 0.2) is 0 Å². The third-order valence-corrected chi connectivity index (χ3v) is 4.36. The van der Waals surface area contributed by atoms with Crippen molar-refractivity contribution in [3.63, 3.8) is 0 Å². The second kappa shape index (κ2) is 4.67. The monoisotopic (exact) mass is 200 g/mol. The van der Waals surface area contributed by atoms with Crippen molar-refractivity contribution in [3.8, 4) is 0 Å². The molecule has 2 aliphatic rings. The first-order valence-corrected chi connectivity index (χ1v) is 6.57. The summed E-state index contributed by atoms with van der Waals surface area (Å²) in [5.74, 6) is 2.75. The van der Waals surface area contributed by atoms with E-state index in [0.717, 1.165) is 12.1 Å². The molecule has 0 amide bonds. The van der Waals surface area contributed by atoms with E-state index in [2.05, 4.69) is 28.9 Å². The molecule has 0 aromatic carbocycles. The van der Waals surface area contributed by atoms with E-state index in [4.69, 9.17) is 0 Å². The predicted octanol–water partition coefficient (Wildman–Crippen LogP) is 1.18. The van der Waals surface area contributed by atoms with Gasteiger partial charge in [0.05, 0.1) is 0 Å². The lowest BCUT2D eigenvalue weighted by molar-refractivity contribution is 0.121. The van der Waals surface area contributed by atoms with Gasteiger partial charge in [-0.2, -0.15) is 11.8 Å². The SMILES string of the molecule is CC1CNCCN1C1CCCSC1.